The number of rotatable bonds is 9. The zero-order valence-corrected chi connectivity index (χ0v) is 22.3. The highest BCUT2D eigenvalue weighted by atomic mass is 35.5. The highest BCUT2D eigenvalue weighted by Gasteiger charge is 2.37. The lowest BCUT2D eigenvalue weighted by molar-refractivity contribution is -0.133. The van der Waals surface area contributed by atoms with Gasteiger partial charge in [0, 0.05) is 46.7 Å². The molecule has 9 heteroatoms. The fourth-order valence-corrected chi connectivity index (χ4v) is 5.78. The van der Waals surface area contributed by atoms with Crippen molar-refractivity contribution in [2.45, 2.75) is 51.1 Å². The van der Waals surface area contributed by atoms with Crippen molar-refractivity contribution < 1.29 is 19.4 Å². The number of amides is 2. The van der Waals surface area contributed by atoms with Gasteiger partial charge >= 0.3 is 0 Å². The van der Waals surface area contributed by atoms with Gasteiger partial charge in [-0.1, -0.05) is 46.9 Å². The number of nitrogens with one attached hydrogen (secondary N) is 1. The Morgan fingerprint density at radius 1 is 1.00 bits per heavy atom. The van der Waals surface area contributed by atoms with Gasteiger partial charge in [-0.15, -0.1) is 0 Å². The van der Waals surface area contributed by atoms with E-state index in [1.165, 1.54) is 0 Å². The van der Waals surface area contributed by atoms with E-state index < -0.39 is 0 Å². The molecule has 2 aromatic rings. The molecule has 2 N–H and O–H groups in total. The average Bonchev–Trinajstić information content (AvgIpc) is 3.23. The van der Waals surface area contributed by atoms with Crippen LogP contribution in [0.5, 0.6) is 5.75 Å². The molecule has 0 bridgehead atoms. The van der Waals surface area contributed by atoms with Crippen molar-refractivity contribution in [1.29, 1.82) is 0 Å². The van der Waals surface area contributed by atoms with E-state index in [0.29, 0.717) is 39.2 Å². The molecule has 36 heavy (non-hydrogen) atoms. The minimum Gasteiger partial charge on any atom is -0.484 e. The summed E-state index contributed by atoms with van der Waals surface area (Å²) in [4.78, 5) is 27.3. The molecular weight excluding hydrogens is 523 g/mol. The zero-order chi connectivity index (χ0) is 25.7. The zero-order valence-electron chi connectivity index (χ0n) is 20.0. The molecule has 0 radical (unpaired) electrons. The fraction of sp³-hybridized carbons (Fsp3) is 0.481. The predicted octanol–water partition coefficient (Wildman–Crippen LogP) is 5.28. The maximum atomic E-state index is 13.1. The van der Waals surface area contributed by atoms with Crippen LogP contribution in [0.4, 0.5) is 0 Å². The smallest absolute Gasteiger partial charge is 0.258 e. The van der Waals surface area contributed by atoms with Crippen LogP contribution in [0.1, 0.15) is 43.2 Å². The summed E-state index contributed by atoms with van der Waals surface area (Å²) >= 11 is 18.5. The second-order valence-corrected chi connectivity index (χ2v) is 10.9. The molecule has 1 atom stereocenters. The standard InChI is InChI=1S/C27H31Cl3N2O4/c28-21-5-3-20(24(29)12-21)14-31-26(34)16-36-23-8-4-18(25(30)13-23)11-19-9-10-32(27(19)35)22-6-1-17(15-33)2-7-22/h3-5,8,12-13,17,19,22,33H,1-2,6-7,9-11,14-16H2,(H,31,34). The molecule has 2 amide bonds. The van der Waals surface area contributed by atoms with Crippen LogP contribution in [0.3, 0.4) is 0 Å². The molecular formula is C27H31Cl3N2O4. The Morgan fingerprint density at radius 2 is 1.72 bits per heavy atom. The van der Waals surface area contributed by atoms with Crippen LogP contribution in [-0.2, 0) is 22.6 Å². The number of carbonyl (C=O) groups is 2. The van der Waals surface area contributed by atoms with Crippen molar-refractivity contribution in [2.24, 2.45) is 11.8 Å². The van der Waals surface area contributed by atoms with Crippen molar-refractivity contribution >= 4 is 46.6 Å². The molecule has 1 saturated heterocycles. The van der Waals surface area contributed by atoms with Gasteiger partial charge in [-0.3, -0.25) is 9.59 Å². The van der Waals surface area contributed by atoms with Crippen molar-refractivity contribution in [3.63, 3.8) is 0 Å². The Labute approximate surface area is 226 Å². The van der Waals surface area contributed by atoms with E-state index in [1.807, 2.05) is 11.0 Å². The van der Waals surface area contributed by atoms with E-state index in [1.54, 1.807) is 30.3 Å². The normalized spacial score (nSPS) is 22.1. The number of nitrogens with zero attached hydrogens (tertiary/aromatic N) is 1. The molecule has 1 heterocycles. The fourth-order valence-electron chi connectivity index (χ4n) is 5.06. The second kappa shape index (κ2) is 12.5. The second-order valence-electron chi connectivity index (χ2n) is 9.63. The summed E-state index contributed by atoms with van der Waals surface area (Å²) in [5, 5.41) is 13.7. The summed E-state index contributed by atoms with van der Waals surface area (Å²) in [6, 6.07) is 10.7. The number of hydrogen-bond acceptors (Lipinski definition) is 4. The molecule has 0 aromatic heterocycles. The molecule has 1 saturated carbocycles. The van der Waals surface area contributed by atoms with Gasteiger partial charge in [0.15, 0.2) is 6.61 Å². The van der Waals surface area contributed by atoms with Gasteiger partial charge in [0.1, 0.15) is 5.75 Å². The first kappa shape index (κ1) is 27.1. The van der Waals surface area contributed by atoms with Crippen molar-refractivity contribution in [3.8, 4) is 5.75 Å². The maximum Gasteiger partial charge on any atom is 0.258 e. The maximum absolute atomic E-state index is 13.1. The third-order valence-electron chi connectivity index (χ3n) is 7.22. The SMILES string of the molecule is O=C(COc1ccc(CC2CCN(C3CCC(CO)CC3)C2=O)c(Cl)c1)NCc1ccc(Cl)cc1Cl. The third kappa shape index (κ3) is 6.86. The summed E-state index contributed by atoms with van der Waals surface area (Å²) in [6.07, 6.45) is 5.31. The number of hydrogen-bond donors (Lipinski definition) is 2. The van der Waals surface area contributed by atoms with Gasteiger partial charge in [-0.25, -0.2) is 0 Å². The number of aliphatic hydroxyl groups is 1. The molecule has 1 aliphatic carbocycles. The molecule has 2 fully saturated rings. The number of halogens is 3. The van der Waals surface area contributed by atoms with Crippen LogP contribution in [0.25, 0.3) is 0 Å². The molecule has 2 aromatic carbocycles. The summed E-state index contributed by atoms with van der Waals surface area (Å²) in [5.74, 6) is 0.711. The summed E-state index contributed by atoms with van der Waals surface area (Å²) < 4.78 is 5.60. The highest BCUT2D eigenvalue weighted by molar-refractivity contribution is 6.35. The molecule has 0 spiro atoms. The first-order valence-corrected chi connectivity index (χ1v) is 13.5. The number of ether oxygens (including phenoxy) is 1. The Bertz CT molecular complexity index is 1090. The van der Waals surface area contributed by atoms with Gasteiger partial charge in [0.2, 0.25) is 5.91 Å². The highest BCUT2D eigenvalue weighted by Crippen LogP contribution is 2.34. The van der Waals surface area contributed by atoms with E-state index in [-0.39, 0.29) is 37.5 Å². The average molecular weight is 554 g/mol. The Kier molecular flexibility index (Phi) is 9.40. The summed E-state index contributed by atoms with van der Waals surface area (Å²) in [6.45, 7) is 1.14. The Balaban J connectivity index is 1.24. The molecule has 2 aliphatic rings. The quantitative estimate of drug-likeness (QED) is 0.443. The molecule has 194 valence electrons. The first-order chi connectivity index (χ1) is 17.3. The first-order valence-electron chi connectivity index (χ1n) is 12.4. The Morgan fingerprint density at radius 3 is 2.42 bits per heavy atom. The lowest BCUT2D eigenvalue weighted by Crippen LogP contribution is -2.40. The summed E-state index contributed by atoms with van der Waals surface area (Å²) in [5.41, 5.74) is 1.66. The van der Waals surface area contributed by atoms with Gasteiger partial charge in [-0.2, -0.15) is 0 Å². The molecule has 6 nitrogen and oxygen atoms in total. The van der Waals surface area contributed by atoms with Crippen LogP contribution in [-0.4, -0.2) is 47.6 Å². The predicted molar refractivity (Wildman–Crippen MR) is 142 cm³/mol. The van der Waals surface area contributed by atoms with Gasteiger partial charge in [0.25, 0.3) is 5.91 Å². The number of aliphatic hydroxyl groups excluding tert-OH is 1. The number of carbonyl (C=O) groups excluding carboxylic acids is 2. The van der Waals surface area contributed by atoms with Crippen LogP contribution >= 0.6 is 34.8 Å². The minimum absolute atomic E-state index is 0.0738. The van der Waals surface area contributed by atoms with Crippen molar-refractivity contribution in [3.05, 3.63) is 62.6 Å². The van der Waals surface area contributed by atoms with Crippen LogP contribution in [0.15, 0.2) is 36.4 Å². The third-order valence-corrected chi connectivity index (χ3v) is 8.16. The van der Waals surface area contributed by atoms with Crippen molar-refractivity contribution in [2.75, 3.05) is 19.8 Å². The minimum atomic E-state index is -0.286. The van der Waals surface area contributed by atoms with Crippen LogP contribution in [0.2, 0.25) is 15.1 Å². The Hall–Kier alpha value is -1.99. The number of benzene rings is 2. The van der Waals surface area contributed by atoms with E-state index in [2.05, 4.69) is 5.32 Å². The van der Waals surface area contributed by atoms with Gasteiger partial charge < -0.3 is 20.1 Å². The monoisotopic (exact) mass is 552 g/mol. The van der Waals surface area contributed by atoms with Gasteiger partial charge in [0.05, 0.1) is 0 Å². The van der Waals surface area contributed by atoms with E-state index in [9.17, 15) is 14.7 Å². The van der Waals surface area contributed by atoms with Crippen LogP contribution in [0, 0.1) is 11.8 Å². The molecule has 4 rings (SSSR count). The largest absolute Gasteiger partial charge is 0.484 e. The van der Waals surface area contributed by atoms with Crippen molar-refractivity contribution in [1.82, 2.24) is 10.2 Å². The van der Waals surface area contributed by atoms with E-state index >= 15 is 0 Å². The lowest BCUT2D eigenvalue weighted by Gasteiger charge is -2.34. The topological polar surface area (TPSA) is 78.9 Å². The van der Waals surface area contributed by atoms with Gasteiger partial charge in [-0.05, 0) is 79.8 Å². The van der Waals surface area contributed by atoms with E-state index in [0.717, 1.165) is 49.8 Å². The molecule has 1 aliphatic heterocycles. The summed E-state index contributed by atoms with van der Waals surface area (Å²) in [7, 11) is 0. The van der Waals surface area contributed by atoms with E-state index in [4.69, 9.17) is 39.5 Å². The molecule has 1 unspecified atom stereocenters. The number of likely N-dealkylation sites (tertiary alicyclic amines) is 1. The lowest BCUT2D eigenvalue weighted by atomic mass is 9.86. The van der Waals surface area contributed by atoms with Crippen LogP contribution < -0.4 is 10.1 Å².